The third kappa shape index (κ3) is 3.62. The molecule has 0 bridgehead atoms. The molecule has 1 N–H and O–H groups in total. The molecule has 1 amide bonds. The third-order valence-corrected chi connectivity index (χ3v) is 4.03. The average Bonchev–Trinajstić information content (AvgIpc) is 2.61. The van der Waals surface area contributed by atoms with Gasteiger partial charge >= 0.3 is 0 Å². The van der Waals surface area contributed by atoms with Gasteiger partial charge < -0.3 is 10.1 Å². The van der Waals surface area contributed by atoms with E-state index in [1.165, 1.54) is 0 Å². The molecule has 0 aliphatic rings. The Balaban J connectivity index is 2.58. The fourth-order valence-electron chi connectivity index (χ4n) is 2.65. The van der Waals surface area contributed by atoms with Crippen LogP contribution in [0.4, 0.5) is 0 Å². The minimum Gasteiger partial charge on any atom is -0.356 e. The van der Waals surface area contributed by atoms with Crippen LogP contribution in [-0.4, -0.2) is 18.6 Å². The van der Waals surface area contributed by atoms with Gasteiger partial charge in [0, 0.05) is 12.6 Å². The molecule has 122 valence electrons. The maximum Gasteiger partial charge on any atom is 0.261 e. The molecule has 0 saturated carbocycles. The van der Waals surface area contributed by atoms with Gasteiger partial charge in [-0.3, -0.25) is 4.79 Å². The first-order valence-corrected chi connectivity index (χ1v) is 8.21. The largest absolute Gasteiger partial charge is 0.356 e. The monoisotopic (exact) mass is 311 g/mol. The number of nitrogens with one attached hydrogen (secondary N) is 1. The molecule has 0 aliphatic heterocycles. The summed E-state index contributed by atoms with van der Waals surface area (Å²) in [5.74, 6) is -0.119. The topological polar surface area (TPSA) is 38.3 Å². The summed E-state index contributed by atoms with van der Waals surface area (Å²) in [6.45, 7) is 6.41. The molecule has 0 saturated heterocycles. The van der Waals surface area contributed by atoms with Gasteiger partial charge in [-0.2, -0.15) is 0 Å². The molecule has 2 aromatic rings. The van der Waals surface area contributed by atoms with Crippen LogP contribution in [0.5, 0.6) is 0 Å². The fraction of sp³-hybridized carbons (Fsp3) is 0.350. The summed E-state index contributed by atoms with van der Waals surface area (Å²) in [4.78, 5) is 13.2. The van der Waals surface area contributed by atoms with Crippen LogP contribution >= 0.6 is 0 Å². The van der Waals surface area contributed by atoms with Gasteiger partial charge in [0.2, 0.25) is 0 Å². The van der Waals surface area contributed by atoms with Gasteiger partial charge in [0.05, 0.1) is 0 Å². The Kier molecular flexibility index (Phi) is 5.94. The fourth-order valence-corrected chi connectivity index (χ4v) is 2.65. The number of ether oxygens (including phenoxy) is 1. The number of amides is 1. The molecule has 3 nitrogen and oxygen atoms in total. The molecule has 0 spiro atoms. The quantitative estimate of drug-likeness (QED) is 0.842. The summed E-state index contributed by atoms with van der Waals surface area (Å²) in [6, 6.07) is 19.5. The van der Waals surface area contributed by atoms with Crippen LogP contribution in [0.1, 0.15) is 38.3 Å². The molecule has 3 heteroatoms. The van der Waals surface area contributed by atoms with Crippen molar-refractivity contribution in [3.63, 3.8) is 0 Å². The zero-order valence-electron chi connectivity index (χ0n) is 14.1. The third-order valence-electron chi connectivity index (χ3n) is 4.03. The van der Waals surface area contributed by atoms with Crippen LogP contribution in [0, 0.1) is 0 Å². The zero-order valence-corrected chi connectivity index (χ0v) is 14.1. The molecule has 0 aromatic heterocycles. The van der Waals surface area contributed by atoms with Crippen molar-refractivity contribution < 1.29 is 9.53 Å². The Morgan fingerprint density at radius 1 is 1.00 bits per heavy atom. The summed E-state index contributed by atoms with van der Waals surface area (Å²) < 4.78 is 6.10. The summed E-state index contributed by atoms with van der Waals surface area (Å²) >= 11 is 0. The van der Waals surface area contributed by atoms with E-state index < -0.39 is 5.60 Å². The maximum atomic E-state index is 13.2. The number of carbonyl (C=O) groups excluding carboxylic acids is 1. The highest BCUT2D eigenvalue weighted by molar-refractivity contribution is 5.90. The van der Waals surface area contributed by atoms with Crippen molar-refractivity contribution in [3.05, 3.63) is 71.8 Å². The second kappa shape index (κ2) is 7.93. The van der Waals surface area contributed by atoms with Gasteiger partial charge in [-0.15, -0.1) is 0 Å². The summed E-state index contributed by atoms with van der Waals surface area (Å²) in [6.07, 6.45) is 0.873. The van der Waals surface area contributed by atoms with E-state index in [1.807, 2.05) is 74.5 Å². The predicted octanol–water partition coefficient (Wildman–Crippen LogP) is 3.88. The first kappa shape index (κ1) is 17.2. The molecule has 23 heavy (non-hydrogen) atoms. The van der Waals surface area contributed by atoms with E-state index in [2.05, 4.69) is 12.2 Å². The van der Waals surface area contributed by atoms with E-state index >= 15 is 0 Å². The summed E-state index contributed by atoms with van der Waals surface area (Å²) in [7, 11) is 0. The van der Waals surface area contributed by atoms with Crippen molar-refractivity contribution in [2.45, 2.75) is 38.8 Å². The molecule has 2 aromatic carbocycles. The van der Waals surface area contributed by atoms with Crippen molar-refractivity contribution in [1.82, 2.24) is 5.32 Å². The molecule has 0 heterocycles. The van der Waals surface area contributed by atoms with Crippen LogP contribution in [0.15, 0.2) is 60.7 Å². The average molecular weight is 311 g/mol. The maximum absolute atomic E-state index is 13.2. The molecular weight excluding hydrogens is 286 g/mol. The second-order valence-electron chi connectivity index (χ2n) is 5.63. The van der Waals surface area contributed by atoms with E-state index in [0.29, 0.717) is 6.61 Å². The van der Waals surface area contributed by atoms with Gasteiger partial charge in [-0.25, -0.2) is 0 Å². The van der Waals surface area contributed by atoms with Gasteiger partial charge in [0.15, 0.2) is 5.60 Å². The molecule has 1 atom stereocenters. The van der Waals surface area contributed by atoms with Crippen molar-refractivity contribution >= 4 is 5.91 Å². The number of benzene rings is 2. The first-order chi connectivity index (χ1) is 11.1. The van der Waals surface area contributed by atoms with Gasteiger partial charge in [-0.05, 0) is 31.4 Å². The predicted molar refractivity (Wildman–Crippen MR) is 93.2 cm³/mol. The van der Waals surface area contributed by atoms with Crippen LogP contribution in [0.25, 0.3) is 0 Å². The van der Waals surface area contributed by atoms with E-state index in [9.17, 15) is 4.79 Å². The summed E-state index contributed by atoms with van der Waals surface area (Å²) in [5.41, 5.74) is 0.559. The minimum atomic E-state index is -1.12. The van der Waals surface area contributed by atoms with Crippen LogP contribution in [-0.2, 0) is 15.1 Å². The number of hydrogen-bond acceptors (Lipinski definition) is 2. The van der Waals surface area contributed by atoms with Gasteiger partial charge in [0.25, 0.3) is 5.91 Å². The van der Waals surface area contributed by atoms with E-state index in [4.69, 9.17) is 4.74 Å². The lowest BCUT2D eigenvalue weighted by atomic mass is 9.84. The standard InChI is InChI=1S/C20H25NO2/c1-4-16(3)21-19(22)20(23-5-2,17-12-8-6-9-13-17)18-14-10-7-11-15-18/h6-16H,4-5H2,1-3H3,(H,21,22)/t16-/m1/s1. The van der Waals surface area contributed by atoms with Crippen molar-refractivity contribution in [2.24, 2.45) is 0 Å². The van der Waals surface area contributed by atoms with Gasteiger partial charge in [-0.1, -0.05) is 67.6 Å². The second-order valence-corrected chi connectivity index (χ2v) is 5.63. The molecule has 2 rings (SSSR count). The van der Waals surface area contributed by atoms with E-state index in [-0.39, 0.29) is 11.9 Å². The normalized spacial score (nSPS) is 12.7. The Morgan fingerprint density at radius 2 is 1.48 bits per heavy atom. The lowest BCUT2D eigenvalue weighted by Crippen LogP contribution is -2.50. The molecule has 0 radical (unpaired) electrons. The Labute approximate surface area is 138 Å². The highest BCUT2D eigenvalue weighted by Crippen LogP contribution is 2.34. The first-order valence-electron chi connectivity index (χ1n) is 8.21. The number of hydrogen-bond donors (Lipinski definition) is 1. The molecule has 0 unspecified atom stereocenters. The highest BCUT2D eigenvalue weighted by atomic mass is 16.5. The lowest BCUT2D eigenvalue weighted by Gasteiger charge is -2.34. The Morgan fingerprint density at radius 3 is 1.87 bits per heavy atom. The van der Waals surface area contributed by atoms with Gasteiger partial charge in [0.1, 0.15) is 0 Å². The van der Waals surface area contributed by atoms with Crippen molar-refractivity contribution in [2.75, 3.05) is 6.61 Å². The Hall–Kier alpha value is -2.13. The van der Waals surface area contributed by atoms with Crippen LogP contribution in [0.2, 0.25) is 0 Å². The number of rotatable bonds is 7. The van der Waals surface area contributed by atoms with E-state index in [0.717, 1.165) is 17.5 Å². The lowest BCUT2D eigenvalue weighted by molar-refractivity contribution is -0.143. The SMILES string of the molecule is CCOC(C(=O)N[C@H](C)CC)(c1ccccc1)c1ccccc1. The number of carbonyl (C=O) groups is 1. The minimum absolute atomic E-state index is 0.0924. The van der Waals surface area contributed by atoms with Crippen LogP contribution in [0.3, 0.4) is 0 Å². The van der Waals surface area contributed by atoms with Crippen molar-refractivity contribution in [3.8, 4) is 0 Å². The Bertz CT molecular complexity index is 571. The van der Waals surface area contributed by atoms with Crippen molar-refractivity contribution in [1.29, 1.82) is 0 Å². The zero-order chi connectivity index (χ0) is 16.7. The molecule has 0 aliphatic carbocycles. The molecular formula is C20H25NO2. The smallest absolute Gasteiger partial charge is 0.261 e. The van der Waals surface area contributed by atoms with Crippen LogP contribution < -0.4 is 5.32 Å². The summed E-state index contributed by atoms with van der Waals surface area (Å²) in [5, 5.41) is 3.09. The molecule has 0 fully saturated rings. The highest BCUT2D eigenvalue weighted by Gasteiger charge is 2.43. The van der Waals surface area contributed by atoms with E-state index in [1.54, 1.807) is 0 Å².